The van der Waals surface area contributed by atoms with Crippen molar-refractivity contribution in [2.24, 2.45) is 5.92 Å². The van der Waals surface area contributed by atoms with Gasteiger partial charge in [-0.3, -0.25) is 4.79 Å². The summed E-state index contributed by atoms with van der Waals surface area (Å²) in [5.74, 6) is -0.0408. The Hall–Kier alpha value is -1.55. The molecule has 1 aromatic rings. The van der Waals surface area contributed by atoms with E-state index in [9.17, 15) is 9.59 Å². The van der Waals surface area contributed by atoms with E-state index in [1.165, 1.54) is 0 Å². The molecule has 0 unspecified atom stereocenters. The van der Waals surface area contributed by atoms with Gasteiger partial charge in [-0.15, -0.1) is 0 Å². The fourth-order valence-electron chi connectivity index (χ4n) is 2.51. The lowest BCUT2D eigenvalue weighted by molar-refractivity contribution is -0.125. The average Bonchev–Trinajstić information content (AvgIpc) is 2.41. The van der Waals surface area contributed by atoms with E-state index in [2.05, 4.69) is 0 Å². The van der Waals surface area contributed by atoms with Crippen molar-refractivity contribution >= 4 is 23.5 Å². The molecule has 1 aromatic carbocycles. The summed E-state index contributed by atoms with van der Waals surface area (Å²) >= 11 is 6.16. The van der Waals surface area contributed by atoms with Crippen LogP contribution in [0.5, 0.6) is 0 Å². The second kappa shape index (κ2) is 6.69. The van der Waals surface area contributed by atoms with Crippen LogP contribution in [-0.2, 0) is 16.0 Å². The van der Waals surface area contributed by atoms with Crippen molar-refractivity contribution in [2.45, 2.75) is 39.2 Å². The predicted octanol–water partition coefficient (Wildman–Crippen LogP) is 3.71. The first-order valence-corrected chi connectivity index (χ1v) is 7.88. The maximum Gasteiger partial charge on any atom is 0.410 e. The number of rotatable bonds is 2. The van der Waals surface area contributed by atoms with Gasteiger partial charge in [0.25, 0.3) is 0 Å². The molecule has 0 N–H and O–H groups in total. The van der Waals surface area contributed by atoms with Crippen molar-refractivity contribution in [3.8, 4) is 0 Å². The summed E-state index contributed by atoms with van der Waals surface area (Å²) < 4.78 is 5.38. The molecule has 0 radical (unpaired) electrons. The molecule has 0 bridgehead atoms. The number of carbonyl (C=O) groups is 2. The zero-order valence-corrected chi connectivity index (χ0v) is 14.0. The van der Waals surface area contributed by atoms with Crippen molar-refractivity contribution in [1.82, 2.24) is 4.90 Å². The molecule has 22 heavy (non-hydrogen) atoms. The topological polar surface area (TPSA) is 46.6 Å². The molecule has 2 rings (SSSR count). The molecule has 1 saturated heterocycles. The summed E-state index contributed by atoms with van der Waals surface area (Å²) in [6.07, 6.45) is 0.566. The van der Waals surface area contributed by atoms with E-state index in [0.717, 1.165) is 5.56 Å². The Bertz CT molecular complexity index is 565. The molecule has 1 aliphatic heterocycles. The molecule has 0 aromatic heterocycles. The highest BCUT2D eigenvalue weighted by Crippen LogP contribution is 2.24. The van der Waals surface area contributed by atoms with Gasteiger partial charge in [0.05, 0.1) is 0 Å². The van der Waals surface area contributed by atoms with E-state index >= 15 is 0 Å². The van der Waals surface area contributed by atoms with Crippen LogP contribution >= 0.6 is 11.6 Å². The summed E-state index contributed by atoms with van der Waals surface area (Å²) in [6.45, 7) is 6.31. The Balaban J connectivity index is 2.04. The number of ether oxygens (including phenoxy) is 1. The molecular formula is C17H22ClNO3. The van der Waals surface area contributed by atoms with E-state index < -0.39 is 5.60 Å². The SMILES string of the molecule is CC(C)(C)OC(=O)N1CCC(=O)[C@@H](Cc2ccccc2Cl)C1. The van der Waals surface area contributed by atoms with Crippen LogP contribution in [-0.4, -0.2) is 35.5 Å². The monoisotopic (exact) mass is 323 g/mol. The number of likely N-dealkylation sites (tertiary alicyclic amines) is 1. The van der Waals surface area contributed by atoms with E-state index in [-0.39, 0.29) is 17.8 Å². The molecule has 0 saturated carbocycles. The third-order valence-corrected chi connectivity index (χ3v) is 3.97. The first-order valence-electron chi connectivity index (χ1n) is 7.50. The smallest absolute Gasteiger partial charge is 0.410 e. The third kappa shape index (κ3) is 4.47. The minimum Gasteiger partial charge on any atom is -0.444 e. The van der Waals surface area contributed by atoms with Crippen molar-refractivity contribution in [2.75, 3.05) is 13.1 Å². The number of carbonyl (C=O) groups excluding carboxylic acids is 2. The molecule has 120 valence electrons. The average molecular weight is 324 g/mol. The lowest BCUT2D eigenvalue weighted by Gasteiger charge is -2.33. The first kappa shape index (κ1) is 16.8. The Morgan fingerprint density at radius 2 is 2.05 bits per heavy atom. The van der Waals surface area contributed by atoms with Crippen LogP contribution in [0.3, 0.4) is 0 Å². The van der Waals surface area contributed by atoms with Crippen molar-refractivity contribution in [3.05, 3.63) is 34.9 Å². The number of ketones is 1. The van der Waals surface area contributed by atoms with Crippen molar-refractivity contribution in [1.29, 1.82) is 0 Å². The molecule has 1 fully saturated rings. The number of hydrogen-bond acceptors (Lipinski definition) is 3. The van der Waals surface area contributed by atoms with Gasteiger partial charge >= 0.3 is 6.09 Å². The van der Waals surface area contributed by atoms with E-state index in [4.69, 9.17) is 16.3 Å². The molecule has 4 nitrogen and oxygen atoms in total. The highest BCUT2D eigenvalue weighted by molar-refractivity contribution is 6.31. The van der Waals surface area contributed by atoms with Crippen LogP contribution in [0.4, 0.5) is 4.79 Å². The Morgan fingerprint density at radius 3 is 2.68 bits per heavy atom. The van der Waals surface area contributed by atoms with Gasteiger partial charge in [0.15, 0.2) is 0 Å². The van der Waals surface area contributed by atoms with Crippen molar-refractivity contribution in [3.63, 3.8) is 0 Å². The Kier molecular flexibility index (Phi) is 5.12. The number of nitrogens with zero attached hydrogens (tertiary/aromatic N) is 1. The van der Waals surface area contributed by atoms with Gasteiger partial charge < -0.3 is 9.64 Å². The van der Waals surface area contributed by atoms with Gasteiger partial charge in [0, 0.05) is 30.5 Å². The summed E-state index contributed by atoms with van der Waals surface area (Å²) in [5, 5.41) is 0.657. The molecule has 1 heterocycles. The fourth-order valence-corrected chi connectivity index (χ4v) is 2.72. The first-order chi connectivity index (χ1) is 10.3. The van der Waals surface area contributed by atoms with Gasteiger partial charge in [0.1, 0.15) is 11.4 Å². The second-order valence-corrected chi connectivity index (χ2v) is 7.04. The molecular weight excluding hydrogens is 302 g/mol. The number of hydrogen-bond donors (Lipinski definition) is 0. The quantitative estimate of drug-likeness (QED) is 0.833. The summed E-state index contributed by atoms with van der Waals surface area (Å²) in [5.41, 5.74) is 0.407. The standard InChI is InChI=1S/C17H22ClNO3/c1-17(2,3)22-16(21)19-9-8-15(20)13(11-19)10-12-6-4-5-7-14(12)18/h4-7,13H,8-11H2,1-3H3/t13-/m0/s1. The maximum absolute atomic E-state index is 12.2. The van der Waals surface area contributed by atoms with Crippen LogP contribution in [0.2, 0.25) is 5.02 Å². The van der Waals surface area contributed by atoms with E-state index in [0.29, 0.717) is 31.0 Å². The van der Waals surface area contributed by atoms with Crippen molar-refractivity contribution < 1.29 is 14.3 Å². The second-order valence-electron chi connectivity index (χ2n) is 6.64. The predicted molar refractivity (Wildman–Crippen MR) is 86.1 cm³/mol. The van der Waals surface area contributed by atoms with Crippen LogP contribution < -0.4 is 0 Å². The number of benzene rings is 1. The minimum absolute atomic E-state index is 0.180. The lowest BCUT2D eigenvalue weighted by atomic mass is 9.90. The maximum atomic E-state index is 12.2. The zero-order valence-electron chi connectivity index (χ0n) is 13.3. The van der Waals surface area contributed by atoms with Gasteiger partial charge in [-0.05, 0) is 38.8 Å². The Morgan fingerprint density at radius 1 is 1.36 bits per heavy atom. The zero-order chi connectivity index (χ0) is 16.3. The third-order valence-electron chi connectivity index (χ3n) is 3.60. The summed E-state index contributed by atoms with van der Waals surface area (Å²) in [6, 6.07) is 7.50. The van der Waals surface area contributed by atoms with Crippen LogP contribution in [0.15, 0.2) is 24.3 Å². The van der Waals surface area contributed by atoms with E-state index in [1.807, 2.05) is 45.0 Å². The number of halogens is 1. The van der Waals surface area contributed by atoms with Gasteiger partial charge in [-0.2, -0.15) is 0 Å². The number of Topliss-reactive ketones (excluding diaryl/α,β-unsaturated/α-hetero) is 1. The lowest BCUT2D eigenvalue weighted by Crippen LogP contribution is -2.46. The largest absolute Gasteiger partial charge is 0.444 e. The van der Waals surface area contributed by atoms with E-state index in [1.54, 1.807) is 4.90 Å². The summed E-state index contributed by atoms with van der Waals surface area (Å²) in [4.78, 5) is 25.9. The fraction of sp³-hybridized carbons (Fsp3) is 0.529. The number of amides is 1. The molecule has 1 atom stereocenters. The molecule has 0 spiro atoms. The van der Waals surface area contributed by atoms with Crippen LogP contribution in [0, 0.1) is 5.92 Å². The Labute approximate surface area is 136 Å². The van der Waals surface area contributed by atoms with Gasteiger partial charge in [0.2, 0.25) is 0 Å². The highest BCUT2D eigenvalue weighted by atomic mass is 35.5. The van der Waals surface area contributed by atoms with Crippen LogP contribution in [0.1, 0.15) is 32.8 Å². The molecule has 1 amide bonds. The van der Waals surface area contributed by atoms with Crippen LogP contribution in [0.25, 0.3) is 0 Å². The molecule has 0 aliphatic carbocycles. The minimum atomic E-state index is -0.531. The highest BCUT2D eigenvalue weighted by Gasteiger charge is 2.32. The summed E-state index contributed by atoms with van der Waals surface area (Å²) in [7, 11) is 0. The normalized spacial score (nSPS) is 19.2. The molecule has 1 aliphatic rings. The van der Waals surface area contributed by atoms with Gasteiger partial charge in [-0.25, -0.2) is 4.79 Å². The number of piperidine rings is 1. The van der Waals surface area contributed by atoms with Gasteiger partial charge in [-0.1, -0.05) is 29.8 Å². The molecule has 5 heteroatoms.